The Kier molecular flexibility index (Phi) is 5.71. The van der Waals surface area contributed by atoms with Crippen molar-refractivity contribution in [2.45, 2.75) is 20.1 Å². The molecule has 6 aliphatic heterocycles. The number of hydrogen-bond acceptors (Lipinski definition) is 16. The Morgan fingerprint density at radius 1 is 0.382 bits per heavy atom. The maximum Gasteiger partial charge on any atom is 0.155 e. The van der Waals surface area contributed by atoms with Crippen LogP contribution in [0.25, 0.3) is 19.3 Å². The lowest BCUT2D eigenvalue weighted by Crippen LogP contribution is -1.85. The van der Waals surface area contributed by atoms with E-state index in [0.29, 0.717) is 0 Å². The molecule has 6 aliphatic rings. The van der Waals surface area contributed by atoms with Crippen molar-refractivity contribution in [1.82, 2.24) is 19.9 Å². The second-order valence-electron chi connectivity index (χ2n) is 6.45. The average Bonchev–Trinajstić information content (AvgIpc) is 3.46. The minimum absolute atomic E-state index is 1.01. The molecule has 0 amide bonds. The summed E-state index contributed by atoms with van der Waals surface area (Å²) in [6, 6.07) is 0. The summed E-state index contributed by atoms with van der Waals surface area (Å²) in [5, 5.41) is 12.6. The van der Waals surface area contributed by atoms with Crippen molar-refractivity contribution in [2.75, 3.05) is 0 Å². The van der Waals surface area contributed by atoms with E-state index in [2.05, 4.69) is 21.5 Å². The first-order chi connectivity index (χ1) is 16.8. The number of aromatic nitrogens is 4. The van der Waals surface area contributed by atoms with Crippen LogP contribution in [0.15, 0.2) is 50.1 Å². The highest BCUT2D eigenvalue weighted by atomic mass is 32.2. The molecule has 8 rings (SSSR count). The lowest BCUT2D eigenvalue weighted by molar-refractivity contribution is 0.992. The van der Waals surface area contributed by atoms with Crippen LogP contribution in [0.4, 0.5) is 0 Å². The molecule has 0 saturated carbocycles. The van der Waals surface area contributed by atoms with Gasteiger partial charge in [0.2, 0.25) is 0 Å². The second kappa shape index (κ2) is 8.80. The van der Waals surface area contributed by atoms with Gasteiger partial charge in [0, 0.05) is 21.5 Å². The largest absolute Gasteiger partial charge is 0.225 e. The fourth-order valence-corrected chi connectivity index (χ4v) is 17.1. The summed E-state index contributed by atoms with van der Waals surface area (Å²) in [6.45, 7) is 0. The quantitative estimate of drug-likeness (QED) is 0.160. The van der Waals surface area contributed by atoms with Crippen molar-refractivity contribution in [1.29, 1.82) is 0 Å². The van der Waals surface area contributed by atoms with Gasteiger partial charge < -0.3 is 0 Å². The van der Waals surface area contributed by atoms with Crippen molar-refractivity contribution >= 4 is 157 Å². The fraction of sp³-hybridized carbons (Fsp3) is 0. The van der Waals surface area contributed by atoms with E-state index < -0.39 is 0 Å². The van der Waals surface area contributed by atoms with Crippen LogP contribution in [0, 0.1) is 15.4 Å². The second-order valence-corrected chi connectivity index (χ2v) is 19.7. The Hall–Kier alpha value is 0.0200. The summed E-state index contributed by atoms with van der Waals surface area (Å²) in [5.74, 6) is 0. The SMILES string of the molecule is c1csc2sc3nc4c(nc3sc=2s1)SC(=C1Sc2nc3sc5sccsc=5sc3nc2S1)S4. The normalized spacial score (nSPS) is 15.1. The fourth-order valence-electron chi connectivity index (χ4n) is 3.01. The van der Waals surface area contributed by atoms with Gasteiger partial charge in [-0.3, -0.25) is 0 Å². The van der Waals surface area contributed by atoms with Crippen molar-refractivity contribution < 1.29 is 0 Å². The predicted molar refractivity (Wildman–Crippen MR) is 158 cm³/mol. The van der Waals surface area contributed by atoms with Gasteiger partial charge in [-0.15, -0.1) is 90.7 Å². The van der Waals surface area contributed by atoms with E-state index in [9.17, 15) is 0 Å². The molecule has 0 saturated heterocycles. The van der Waals surface area contributed by atoms with Gasteiger partial charge in [-0.25, -0.2) is 19.9 Å². The molecule has 0 aliphatic carbocycles. The molecule has 168 valence electrons. The van der Waals surface area contributed by atoms with E-state index in [0.717, 1.165) is 39.4 Å². The first-order valence-corrected chi connectivity index (χ1v) is 19.3. The summed E-state index contributed by atoms with van der Waals surface area (Å²) < 4.78 is 7.71. The van der Waals surface area contributed by atoms with Gasteiger partial charge in [-0.2, -0.15) is 0 Å². The monoisotopic (exact) mass is 660 g/mol. The van der Waals surface area contributed by atoms with E-state index in [-0.39, 0.29) is 0 Å². The molecule has 0 bridgehead atoms. The number of hydrogen-bond donors (Lipinski definition) is 0. The van der Waals surface area contributed by atoms with Crippen LogP contribution in [0.3, 0.4) is 0 Å². The lowest BCUT2D eigenvalue weighted by atomic mass is 10.7. The molecule has 0 aromatic carbocycles. The van der Waals surface area contributed by atoms with Gasteiger partial charge in [0.15, 0.2) is 19.3 Å². The van der Waals surface area contributed by atoms with Gasteiger partial charge in [0.1, 0.15) is 35.5 Å². The van der Waals surface area contributed by atoms with Crippen LogP contribution < -0.4 is 0 Å². The first kappa shape index (κ1) is 22.0. The van der Waals surface area contributed by atoms with Crippen molar-refractivity contribution in [2.24, 2.45) is 0 Å². The molecule has 0 fully saturated rings. The van der Waals surface area contributed by atoms with Gasteiger partial charge in [-0.1, -0.05) is 47.0 Å². The molecule has 8 heterocycles. The van der Waals surface area contributed by atoms with Crippen molar-refractivity contribution in [3.63, 3.8) is 0 Å². The molecule has 4 nitrogen and oxygen atoms in total. The van der Waals surface area contributed by atoms with Crippen LogP contribution in [-0.2, 0) is 0 Å². The minimum atomic E-state index is 1.01. The smallest absolute Gasteiger partial charge is 0.155 e. The Labute approximate surface area is 239 Å². The van der Waals surface area contributed by atoms with Crippen LogP contribution in [-0.4, -0.2) is 19.9 Å². The molecule has 0 atom stereocenters. The van der Waals surface area contributed by atoms with E-state index >= 15 is 0 Å². The van der Waals surface area contributed by atoms with E-state index in [4.69, 9.17) is 19.9 Å². The number of fused-ring (bicyclic) bond motifs is 4. The highest BCUT2D eigenvalue weighted by Crippen LogP contribution is 2.60. The van der Waals surface area contributed by atoms with E-state index in [1.54, 1.807) is 138 Å². The van der Waals surface area contributed by atoms with Crippen LogP contribution in [0.2, 0.25) is 0 Å². The topological polar surface area (TPSA) is 51.6 Å². The highest BCUT2D eigenvalue weighted by molar-refractivity contribution is 8.30. The van der Waals surface area contributed by atoms with Gasteiger partial charge in [0.05, 0.1) is 8.47 Å². The molecule has 0 N–H and O–H groups in total. The summed E-state index contributed by atoms with van der Waals surface area (Å²) in [7, 11) is 0. The maximum atomic E-state index is 4.99. The number of nitrogens with zero attached hydrogens (tertiary/aromatic N) is 4. The molecule has 0 radical (unpaired) electrons. The molecule has 2 aromatic heterocycles. The summed E-state index contributed by atoms with van der Waals surface area (Å²) in [4.78, 5) is 24.1. The Bertz CT molecular complexity index is 1720. The lowest BCUT2D eigenvalue weighted by Gasteiger charge is -1.98. The highest BCUT2D eigenvalue weighted by Gasteiger charge is 2.31. The summed E-state index contributed by atoms with van der Waals surface area (Å²) in [6.07, 6.45) is 0. The Balaban J connectivity index is 1.19. The summed E-state index contributed by atoms with van der Waals surface area (Å²) in [5.41, 5.74) is 0. The van der Waals surface area contributed by atoms with E-state index in [1.807, 2.05) is 0 Å². The number of rotatable bonds is 0. The first-order valence-electron chi connectivity index (χ1n) is 9.23. The third-order valence-electron chi connectivity index (χ3n) is 4.37. The predicted octanol–water partition coefficient (Wildman–Crippen LogP) is 9.99. The zero-order chi connectivity index (χ0) is 22.2. The zero-order valence-corrected chi connectivity index (χ0v) is 25.8. The molecule has 34 heavy (non-hydrogen) atoms. The van der Waals surface area contributed by atoms with Crippen molar-refractivity contribution in [3.05, 3.63) is 45.4 Å². The maximum absolute atomic E-state index is 4.99. The van der Waals surface area contributed by atoms with Gasteiger partial charge in [0.25, 0.3) is 0 Å². The minimum Gasteiger partial charge on any atom is -0.225 e. The molecular weight excluding hydrogens is 657 g/mol. The summed E-state index contributed by atoms with van der Waals surface area (Å²) >= 11 is 21.0. The average molecular weight is 661 g/mol. The van der Waals surface area contributed by atoms with Gasteiger partial charge in [-0.05, 0) is 0 Å². The van der Waals surface area contributed by atoms with Crippen LogP contribution in [0.5, 0.6) is 0 Å². The zero-order valence-electron chi connectivity index (χ0n) is 16.0. The van der Waals surface area contributed by atoms with E-state index in [1.165, 1.54) is 23.9 Å². The Morgan fingerprint density at radius 3 is 0.912 bits per heavy atom. The third kappa shape index (κ3) is 3.80. The standard InChI is InChI=1S/C18H4N4S12/c1-2-24-14-13(23-1)27-5-6(28-14)20-10-9(19-5)31-17(32-10)18-33-11-12(34-18)22-8-7(21-11)29-15-16(30-8)26-4-3-25-15/h1-4H. The Morgan fingerprint density at radius 2 is 0.647 bits per heavy atom. The number of thioether (sulfide) groups is 4. The molecule has 0 unspecified atom stereocenters. The molecule has 16 heteroatoms. The van der Waals surface area contributed by atoms with Crippen LogP contribution >= 0.6 is 138 Å². The molecular formula is C18H4N4S12. The molecule has 0 spiro atoms. The van der Waals surface area contributed by atoms with Gasteiger partial charge >= 0.3 is 0 Å². The van der Waals surface area contributed by atoms with Crippen molar-refractivity contribution in [3.8, 4) is 0 Å². The third-order valence-corrected chi connectivity index (χ3v) is 19.6. The van der Waals surface area contributed by atoms with Crippen LogP contribution in [0.1, 0.15) is 0 Å². The molecule has 2 aromatic rings.